The number of rotatable bonds is 4. The Labute approximate surface area is 90.8 Å². The summed E-state index contributed by atoms with van der Waals surface area (Å²) in [6.45, 7) is 1.33. The Morgan fingerprint density at radius 2 is 1.69 bits per heavy atom. The number of hydrogen-bond acceptors (Lipinski definition) is 5. The van der Waals surface area contributed by atoms with Gasteiger partial charge < -0.3 is 19.7 Å². The van der Waals surface area contributed by atoms with Crippen LogP contribution in [0.25, 0.3) is 0 Å². The summed E-state index contributed by atoms with van der Waals surface area (Å²) >= 11 is 0.750. The van der Waals surface area contributed by atoms with Gasteiger partial charge in [-0.1, -0.05) is 13.3 Å². The summed E-state index contributed by atoms with van der Waals surface area (Å²) in [5.41, 5.74) is 0. The van der Waals surface area contributed by atoms with E-state index >= 15 is 0 Å². The summed E-state index contributed by atoms with van der Waals surface area (Å²) in [6, 6.07) is 0. The van der Waals surface area contributed by atoms with Crippen molar-refractivity contribution in [2.24, 2.45) is 0 Å². The van der Waals surface area contributed by atoms with Crippen LogP contribution in [0, 0.1) is 0 Å². The molecule has 0 rings (SSSR count). The van der Waals surface area contributed by atoms with E-state index in [-0.39, 0.29) is 0 Å². The fourth-order valence-electron chi connectivity index (χ4n) is 0.254. The van der Waals surface area contributed by atoms with Crippen LogP contribution in [0.4, 0.5) is 0 Å². The van der Waals surface area contributed by atoms with Gasteiger partial charge in [0.1, 0.15) is 0 Å². The van der Waals surface area contributed by atoms with Crippen LogP contribution >= 0.6 is 0 Å². The van der Waals surface area contributed by atoms with E-state index in [4.69, 9.17) is 13.5 Å². The van der Waals surface area contributed by atoms with E-state index < -0.39 is 6.48 Å². The molecule has 13 heavy (non-hydrogen) atoms. The molecule has 0 aromatic carbocycles. The standard InChI is InChI=1S/C4H10O.C3H8O3.O.Ti/c1-2-3-4-5;1-5-3(4)6-2;;/h5H,2-4H2,1H3;3-4H,1-2H3;;. The number of unbranched alkanes of at least 4 members (excludes halogenated alkanes) is 1. The predicted octanol–water partition coefficient (Wildman–Crippen LogP) is 0.213. The van der Waals surface area contributed by atoms with Gasteiger partial charge in [-0.15, -0.1) is 0 Å². The number of aliphatic hydroxyl groups excluding tert-OH is 2. The molecule has 0 saturated carbocycles. The van der Waals surface area contributed by atoms with Crippen LogP contribution < -0.4 is 0 Å². The number of ether oxygens (including phenoxy) is 2. The molecule has 0 saturated heterocycles. The Morgan fingerprint density at radius 1 is 1.31 bits per heavy atom. The minimum absolute atomic E-state index is 0.344. The van der Waals surface area contributed by atoms with Crippen molar-refractivity contribution in [1.29, 1.82) is 0 Å². The van der Waals surface area contributed by atoms with E-state index in [1.807, 2.05) is 0 Å². The van der Waals surface area contributed by atoms with Crippen molar-refractivity contribution in [2.75, 3.05) is 20.8 Å². The van der Waals surface area contributed by atoms with Crippen molar-refractivity contribution in [3.05, 3.63) is 0 Å². The predicted molar refractivity (Wildman–Crippen MR) is 42.7 cm³/mol. The van der Waals surface area contributed by atoms with Gasteiger partial charge in [0.05, 0.1) is 0 Å². The maximum absolute atomic E-state index is 8.25. The molecule has 80 valence electrons. The molecule has 0 radical (unpaired) electrons. The van der Waals surface area contributed by atoms with Crippen molar-refractivity contribution >= 4 is 0 Å². The molecule has 0 aromatic rings. The number of methoxy groups -OCH3 is 2. The van der Waals surface area contributed by atoms with Crippen LogP contribution in [0.5, 0.6) is 0 Å². The molecular formula is C7H18O5Ti. The topological polar surface area (TPSA) is 76.0 Å². The molecule has 0 aliphatic heterocycles. The number of aliphatic hydroxyl groups is 2. The zero-order valence-electron chi connectivity index (χ0n) is 8.32. The zero-order valence-corrected chi connectivity index (χ0v) is 9.88. The molecule has 0 unspecified atom stereocenters. The number of hydrogen-bond donors (Lipinski definition) is 2. The van der Waals surface area contributed by atoms with E-state index in [0.717, 1.165) is 33.2 Å². The van der Waals surface area contributed by atoms with Gasteiger partial charge in [-0.25, -0.2) is 0 Å². The first-order chi connectivity index (χ1) is 6.22. The van der Waals surface area contributed by atoms with Crippen LogP contribution in [0.15, 0.2) is 0 Å². The summed E-state index contributed by atoms with van der Waals surface area (Å²) in [7, 11) is 2.71. The van der Waals surface area contributed by atoms with Crippen LogP contribution in [-0.2, 0) is 33.2 Å². The third-order valence-corrected chi connectivity index (χ3v) is 0.915. The molecular weight excluding hydrogens is 212 g/mol. The van der Waals surface area contributed by atoms with Crippen molar-refractivity contribution in [3.63, 3.8) is 0 Å². The molecule has 0 aliphatic carbocycles. The Morgan fingerprint density at radius 3 is 1.69 bits per heavy atom. The molecule has 0 atom stereocenters. The Hall–Kier alpha value is 0.354. The molecule has 0 fully saturated rings. The van der Waals surface area contributed by atoms with Crippen molar-refractivity contribution in [2.45, 2.75) is 26.2 Å². The Balaban J connectivity index is -0.000000131. The quantitative estimate of drug-likeness (QED) is 0.533. The van der Waals surface area contributed by atoms with Crippen molar-refractivity contribution in [1.82, 2.24) is 0 Å². The third-order valence-electron chi connectivity index (χ3n) is 0.915. The zero-order chi connectivity index (χ0) is 11.1. The van der Waals surface area contributed by atoms with Crippen LogP contribution in [-0.4, -0.2) is 37.5 Å². The second kappa shape index (κ2) is 22.8. The van der Waals surface area contributed by atoms with Gasteiger partial charge in [0.2, 0.25) is 0 Å². The SMILES string of the molecule is CCCCO.COC(O)OC.[O]=[Ti]. The fraction of sp³-hybridized carbons (Fsp3) is 1.00. The Bertz CT molecular complexity index is 67.9. The second-order valence-corrected chi connectivity index (χ2v) is 1.86. The average molecular weight is 230 g/mol. The van der Waals surface area contributed by atoms with E-state index in [9.17, 15) is 0 Å². The monoisotopic (exact) mass is 230 g/mol. The van der Waals surface area contributed by atoms with E-state index in [1.165, 1.54) is 14.2 Å². The van der Waals surface area contributed by atoms with Gasteiger partial charge in [0.15, 0.2) is 0 Å². The first kappa shape index (κ1) is 19.0. The van der Waals surface area contributed by atoms with Gasteiger partial charge >= 0.3 is 23.7 Å². The van der Waals surface area contributed by atoms with Gasteiger partial charge in [-0.05, 0) is 6.42 Å². The molecule has 0 spiro atoms. The average Bonchev–Trinajstić information content (AvgIpc) is 2.22. The molecule has 0 bridgehead atoms. The molecule has 5 nitrogen and oxygen atoms in total. The summed E-state index contributed by atoms with van der Waals surface area (Å²) in [5.74, 6) is 0. The first-order valence-corrected chi connectivity index (χ1v) is 4.41. The molecule has 0 aliphatic rings. The fourth-order valence-corrected chi connectivity index (χ4v) is 0.254. The summed E-state index contributed by atoms with van der Waals surface area (Å²) in [6.07, 6.45) is 2.04. The normalized spacial score (nSPS) is 8.08. The molecule has 6 heteroatoms. The van der Waals surface area contributed by atoms with Crippen molar-refractivity contribution in [3.8, 4) is 0 Å². The van der Waals surface area contributed by atoms with Gasteiger partial charge in [-0.2, -0.15) is 0 Å². The van der Waals surface area contributed by atoms with Gasteiger partial charge in [0.25, 0.3) is 6.48 Å². The van der Waals surface area contributed by atoms with Gasteiger partial charge in [-0.3, -0.25) is 0 Å². The maximum atomic E-state index is 8.25. The van der Waals surface area contributed by atoms with Crippen LogP contribution in [0.1, 0.15) is 19.8 Å². The van der Waals surface area contributed by atoms with E-state index in [2.05, 4.69) is 16.4 Å². The van der Waals surface area contributed by atoms with Gasteiger partial charge in [0, 0.05) is 20.8 Å². The molecule has 0 amide bonds. The third kappa shape index (κ3) is 32.8. The molecule has 0 heterocycles. The summed E-state index contributed by atoms with van der Waals surface area (Å²) < 4.78 is 16.7. The van der Waals surface area contributed by atoms with E-state index in [1.54, 1.807) is 0 Å². The summed E-state index contributed by atoms with van der Waals surface area (Å²) in [5, 5.41) is 16.3. The van der Waals surface area contributed by atoms with Crippen LogP contribution in [0.2, 0.25) is 0 Å². The second-order valence-electron chi connectivity index (χ2n) is 1.86. The van der Waals surface area contributed by atoms with Crippen LogP contribution in [0.3, 0.4) is 0 Å². The Kier molecular flexibility index (Phi) is 33.4. The van der Waals surface area contributed by atoms with Crippen molar-refractivity contribution < 1.29 is 43.4 Å². The summed E-state index contributed by atoms with van der Waals surface area (Å²) in [4.78, 5) is 0. The molecule has 0 aromatic heterocycles. The first-order valence-electron chi connectivity index (χ1n) is 3.77. The minimum atomic E-state index is -1.06. The van der Waals surface area contributed by atoms with E-state index in [0.29, 0.717) is 6.61 Å². The molecule has 2 N–H and O–H groups in total.